The molecule has 0 saturated carbocycles. The predicted octanol–water partition coefficient (Wildman–Crippen LogP) is 6.24. The number of aromatic nitrogens is 1. The highest BCUT2D eigenvalue weighted by Crippen LogP contribution is 2.45. The van der Waals surface area contributed by atoms with Gasteiger partial charge in [0.1, 0.15) is 11.5 Å². The van der Waals surface area contributed by atoms with Crippen LogP contribution in [-0.4, -0.2) is 28.9 Å². The van der Waals surface area contributed by atoms with Gasteiger partial charge in [0.15, 0.2) is 5.13 Å². The van der Waals surface area contributed by atoms with Crippen LogP contribution in [0.5, 0.6) is 5.75 Å². The summed E-state index contributed by atoms with van der Waals surface area (Å²) < 4.78 is 6.12. The zero-order valence-corrected chi connectivity index (χ0v) is 20.0. The van der Waals surface area contributed by atoms with Crippen molar-refractivity contribution in [2.75, 3.05) is 12.0 Å². The van der Waals surface area contributed by atoms with Crippen molar-refractivity contribution in [2.45, 2.75) is 6.04 Å². The van der Waals surface area contributed by atoms with E-state index in [9.17, 15) is 14.7 Å². The number of thiazole rings is 1. The van der Waals surface area contributed by atoms with Gasteiger partial charge in [0, 0.05) is 15.6 Å². The standard InChI is InChI=1S/C25H16Cl2N2O4S/c1-33-17-4-2-3-14(11-17)21-20(22(30)13-5-7-15(26)8-6-13)23(31)24(32)29(21)25-28-18-10-9-16(27)12-19(18)34-25/h2-12,21,30H,1H3/b22-20+. The van der Waals surface area contributed by atoms with Crippen LogP contribution in [0.25, 0.3) is 16.0 Å². The molecule has 0 aliphatic carbocycles. The number of fused-ring (bicyclic) bond motifs is 1. The Morgan fingerprint density at radius 3 is 2.50 bits per heavy atom. The molecule has 4 aromatic rings. The van der Waals surface area contributed by atoms with Crippen molar-refractivity contribution in [1.29, 1.82) is 0 Å². The smallest absolute Gasteiger partial charge is 0.301 e. The summed E-state index contributed by atoms with van der Waals surface area (Å²) in [5.41, 5.74) is 1.56. The van der Waals surface area contributed by atoms with Gasteiger partial charge < -0.3 is 9.84 Å². The quantitative estimate of drug-likeness (QED) is 0.199. The number of carbonyl (C=O) groups is 2. The Labute approximate surface area is 208 Å². The van der Waals surface area contributed by atoms with Crippen LogP contribution in [-0.2, 0) is 9.59 Å². The zero-order valence-electron chi connectivity index (χ0n) is 17.7. The van der Waals surface area contributed by atoms with E-state index >= 15 is 0 Å². The van der Waals surface area contributed by atoms with Crippen molar-refractivity contribution in [2.24, 2.45) is 0 Å². The van der Waals surface area contributed by atoms with Gasteiger partial charge in [-0.3, -0.25) is 14.5 Å². The maximum absolute atomic E-state index is 13.3. The van der Waals surface area contributed by atoms with Gasteiger partial charge in [-0.2, -0.15) is 0 Å². The number of halogens is 2. The number of ether oxygens (including phenoxy) is 1. The minimum absolute atomic E-state index is 0.0436. The Morgan fingerprint density at radius 2 is 1.76 bits per heavy atom. The number of rotatable bonds is 4. The highest BCUT2D eigenvalue weighted by Gasteiger charge is 2.48. The Bertz CT molecular complexity index is 1480. The van der Waals surface area contributed by atoms with Crippen molar-refractivity contribution < 1.29 is 19.4 Å². The molecule has 1 aliphatic rings. The molecule has 1 N–H and O–H groups in total. The molecule has 3 aromatic carbocycles. The Balaban J connectivity index is 1.74. The number of amides is 1. The van der Waals surface area contributed by atoms with Crippen LogP contribution in [0.2, 0.25) is 10.0 Å². The van der Waals surface area contributed by atoms with Gasteiger partial charge >= 0.3 is 5.91 Å². The first-order valence-corrected chi connectivity index (χ1v) is 11.7. The molecule has 0 radical (unpaired) electrons. The van der Waals surface area contributed by atoms with Crippen LogP contribution in [0.4, 0.5) is 5.13 Å². The molecule has 0 spiro atoms. The molecule has 34 heavy (non-hydrogen) atoms. The molecule has 6 nitrogen and oxygen atoms in total. The number of ketones is 1. The van der Waals surface area contributed by atoms with Crippen LogP contribution in [0, 0.1) is 0 Å². The average Bonchev–Trinajstić information content (AvgIpc) is 3.37. The summed E-state index contributed by atoms with van der Waals surface area (Å²) in [7, 11) is 1.53. The second-order valence-corrected chi connectivity index (χ2v) is 9.44. The van der Waals surface area contributed by atoms with Gasteiger partial charge in [-0.05, 0) is 60.2 Å². The number of hydrogen-bond acceptors (Lipinski definition) is 6. The molecule has 1 amide bonds. The average molecular weight is 511 g/mol. The second-order valence-electron chi connectivity index (χ2n) is 7.56. The van der Waals surface area contributed by atoms with Gasteiger partial charge in [0.25, 0.3) is 5.78 Å². The summed E-state index contributed by atoms with van der Waals surface area (Å²) in [5, 5.41) is 12.5. The fraction of sp³-hybridized carbons (Fsp3) is 0.0800. The van der Waals surface area contributed by atoms with E-state index in [1.54, 1.807) is 66.7 Å². The van der Waals surface area contributed by atoms with E-state index in [2.05, 4.69) is 4.98 Å². The summed E-state index contributed by atoms with van der Waals surface area (Å²) >= 11 is 13.3. The number of anilines is 1. The van der Waals surface area contributed by atoms with Gasteiger partial charge in [-0.25, -0.2) is 4.98 Å². The normalized spacial score (nSPS) is 17.5. The van der Waals surface area contributed by atoms with E-state index in [0.717, 1.165) is 4.70 Å². The third-order valence-corrected chi connectivity index (χ3v) is 7.02. The third kappa shape index (κ3) is 3.81. The zero-order chi connectivity index (χ0) is 24.0. The van der Waals surface area contributed by atoms with E-state index in [1.807, 2.05) is 0 Å². The Hall–Kier alpha value is -3.39. The van der Waals surface area contributed by atoms with E-state index in [-0.39, 0.29) is 11.3 Å². The molecule has 5 rings (SSSR count). The van der Waals surface area contributed by atoms with E-state index in [0.29, 0.717) is 37.6 Å². The van der Waals surface area contributed by atoms with E-state index in [4.69, 9.17) is 27.9 Å². The van der Waals surface area contributed by atoms with Crippen LogP contribution in [0.3, 0.4) is 0 Å². The summed E-state index contributed by atoms with van der Waals surface area (Å²) in [6.07, 6.45) is 0. The van der Waals surface area contributed by atoms with Gasteiger partial charge in [0.05, 0.1) is 28.9 Å². The number of aliphatic hydroxyl groups excluding tert-OH is 1. The Kier molecular flexibility index (Phi) is 5.77. The summed E-state index contributed by atoms with van der Waals surface area (Å²) in [6, 6.07) is 17.7. The van der Waals surface area contributed by atoms with E-state index in [1.165, 1.54) is 23.3 Å². The van der Waals surface area contributed by atoms with Crippen molar-refractivity contribution in [3.63, 3.8) is 0 Å². The summed E-state index contributed by atoms with van der Waals surface area (Å²) in [5.74, 6) is -1.34. The first kappa shape index (κ1) is 22.4. The SMILES string of the molecule is COc1cccc(C2/C(=C(\O)c3ccc(Cl)cc3)C(=O)C(=O)N2c2nc3ccc(Cl)cc3s2)c1. The fourth-order valence-corrected chi connectivity index (χ4v) is 5.30. The topological polar surface area (TPSA) is 79.7 Å². The van der Waals surface area contributed by atoms with Gasteiger partial charge in [0.2, 0.25) is 0 Å². The third-order valence-electron chi connectivity index (χ3n) is 5.52. The van der Waals surface area contributed by atoms with Crippen molar-refractivity contribution in [3.8, 4) is 5.75 Å². The number of aliphatic hydroxyl groups is 1. The van der Waals surface area contributed by atoms with Crippen LogP contribution in [0.15, 0.2) is 72.3 Å². The minimum atomic E-state index is -0.915. The number of carbonyl (C=O) groups excluding carboxylic acids is 2. The number of nitrogens with zero attached hydrogens (tertiary/aromatic N) is 2. The number of hydrogen-bond donors (Lipinski definition) is 1. The molecule has 170 valence electrons. The monoisotopic (exact) mass is 510 g/mol. The van der Waals surface area contributed by atoms with E-state index < -0.39 is 17.7 Å². The highest BCUT2D eigenvalue weighted by atomic mass is 35.5. The van der Waals surface area contributed by atoms with Gasteiger partial charge in [-0.15, -0.1) is 0 Å². The fourth-order valence-electron chi connectivity index (χ4n) is 3.91. The maximum atomic E-state index is 13.3. The molecular weight excluding hydrogens is 495 g/mol. The van der Waals surface area contributed by atoms with Crippen LogP contribution in [0.1, 0.15) is 17.2 Å². The molecule has 1 aromatic heterocycles. The molecule has 1 aliphatic heterocycles. The van der Waals surface area contributed by atoms with Crippen molar-refractivity contribution >= 4 is 67.3 Å². The first-order valence-electron chi connectivity index (χ1n) is 10.1. The molecule has 2 heterocycles. The highest BCUT2D eigenvalue weighted by molar-refractivity contribution is 7.22. The largest absolute Gasteiger partial charge is 0.507 e. The molecule has 9 heteroatoms. The maximum Gasteiger partial charge on any atom is 0.301 e. The second kappa shape index (κ2) is 8.76. The molecule has 1 saturated heterocycles. The number of benzene rings is 3. The first-order chi connectivity index (χ1) is 16.4. The Morgan fingerprint density at radius 1 is 1.03 bits per heavy atom. The molecule has 0 bridgehead atoms. The molecular formula is C25H16Cl2N2O4S. The summed E-state index contributed by atoms with van der Waals surface area (Å²) in [6.45, 7) is 0. The lowest BCUT2D eigenvalue weighted by atomic mass is 9.95. The molecule has 1 unspecified atom stereocenters. The molecule has 1 fully saturated rings. The minimum Gasteiger partial charge on any atom is -0.507 e. The predicted molar refractivity (Wildman–Crippen MR) is 134 cm³/mol. The van der Waals surface area contributed by atoms with Gasteiger partial charge in [-0.1, -0.05) is 46.7 Å². The van der Waals surface area contributed by atoms with Crippen molar-refractivity contribution in [3.05, 3.63) is 93.5 Å². The number of Topliss-reactive ketones (excluding diaryl/α,β-unsaturated/α-hetero) is 1. The number of methoxy groups -OCH3 is 1. The van der Waals surface area contributed by atoms with Crippen LogP contribution < -0.4 is 9.64 Å². The lowest BCUT2D eigenvalue weighted by molar-refractivity contribution is -0.132. The summed E-state index contributed by atoms with van der Waals surface area (Å²) in [4.78, 5) is 32.5. The molecule has 1 atom stereocenters. The lowest BCUT2D eigenvalue weighted by Gasteiger charge is -2.23. The van der Waals surface area contributed by atoms with Crippen molar-refractivity contribution in [1.82, 2.24) is 4.98 Å². The van der Waals surface area contributed by atoms with Crippen LogP contribution >= 0.6 is 34.5 Å². The lowest BCUT2D eigenvalue weighted by Crippen LogP contribution is -2.29.